The second-order valence-corrected chi connectivity index (χ2v) is 8.34. The van der Waals surface area contributed by atoms with Crippen LogP contribution in [0.4, 0.5) is 0 Å². The molecule has 6 nitrogen and oxygen atoms in total. The van der Waals surface area contributed by atoms with Crippen LogP contribution < -0.4 is 4.74 Å². The van der Waals surface area contributed by atoms with Crippen molar-refractivity contribution < 1.29 is 29.9 Å². The number of methoxy groups -OCH3 is 1. The maximum Gasteiger partial charge on any atom is 0.121 e. The number of hydrogen-bond donors (Lipinski definition) is 4. The van der Waals surface area contributed by atoms with Crippen LogP contribution in [0.5, 0.6) is 5.75 Å². The average Bonchev–Trinajstić information content (AvgIpc) is 3.18. The SMILES string of the molecule is COc1ccc(Cc2cccc3cc([C@@H]4O[C@H](CO)[C@@H](O)[C@H](O)[C@H]4O)sc23)cc1. The van der Waals surface area contributed by atoms with E-state index in [4.69, 9.17) is 9.47 Å². The highest BCUT2D eigenvalue weighted by atomic mass is 32.1. The van der Waals surface area contributed by atoms with Crippen LogP contribution in [0.3, 0.4) is 0 Å². The molecule has 7 heteroatoms. The molecule has 0 spiro atoms. The lowest BCUT2D eigenvalue weighted by Crippen LogP contribution is -2.55. The van der Waals surface area contributed by atoms with Crippen molar-refractivity contribution >= 4 is 21.4 Å². The van der Waals surface area contributed by atoms with Gasteiger partial charge in [0.2, 0.25) is 0 Å². The molecule has 1 saturated heterocycles. The first-order chi connectivity index (χ1) is 14.0. The van der Waals surface area contributed by atoms with Crippen LogP contribution in [-0.2, 0) is 11.2 Å². The van der Waals surface area contributed by atoms with Crippen LogP contribution in [0.15, 0.2) is 48.5 Å². The van der Waals surface area contributed by atoms with Crippen molar-refractivity contribution in [1.29, 1.82) is 0 Å². The van der Waals surface area contributed by atoms with E-state index in [1.807, 2.05) is 42.5 Å². The highest BCUT2D eigenvalue weighted by Crippen LogP contribution is 2.39. The minimum absolute atomic E-state index is 0.435. The Morgan fingerprint density at radius 3 is 2.45 bits per heavy atom. The van der Waals surface area contributed by atoms with Gasteiger partial charge in [0.25, 0.3) is 0 Å². The predicted octanol–water partition coefficient (Wildman–Crippen LogP) is 2.02. The van der Waals surface area contributed by atoms with Crippen LogP contribution in [0.25, 0.3) is 10.1 Å². The van der Waals surface area contributed by atoms with Crippen molar-refractivity contribution in [3.63, 3.8) is 0 Å². The van der Waals surface area contributed by atoms with Gasteiger partial charge in [-0.25, -0.2) is 0 Å². The molecule has 4 rings (SSSR count). The third-order valence-corrected chi connectivity index (χ3v) is 6.66. The second kappa shape index (κ2) is 8.39. The van der Waals surface area contributed by atoms with E-state index in [0.29, 0.717) is 0 Å². The maximum atomic E-state index is 10.4. The first-order valence-corrected chi connectivity index (χ1v) is 10.3. The van der Waals surface area contributed by atoms with E-state index in [-0.39, 0.29) is 0 Å². The van der Waals surface area contributed by atoms with Crippen LogP contribution in [-0.4, -0.2) is 58.6 Å². The molecule has 1 aliphatic rings. The summed E-state index contributed by atoms with van der Waals surface area (Å²) in [7, 11) is 1.64. The molecule has 2 aromatic carbocycles. The molecule has 3 aromatic rings. The van der Waals surface area contributed by atoms with Crippen molar-refractivity contribution in [2.24, 2.45) is 0 Å². The highest BCUT2D eigenvalue weighted by Gasteiger charge is 2.44. The minimum atomic E-state index is -1.38. The highest BCUT2D eigenvalue weighted by molar-refractivity contribution is 7.19. The largest absolute Gasteiger partial charge is 0.497 e. The zero-order chi connectivity index (χ0) is 20.5. The molecule has 0 amide bonds. The summed E-state index contributed by atoms with van der Waals surface area (Å²) in [5.74, 6) is 0.813. The summed E-state index contributed by atoms with van der Waals surface area (Å²) in [5.41, 5.74) is 2.30. The lowest BCUT2D eigenvalue weighted by atomic mass is 9.94. The Kier molecular flexibility index (Phi) is 5.87. The van der Waals surface area contributed by atoms with Gasteiger partial charge < -0.3 is 29.9 Å². The lowest BCUT2D eigenvalue weighted by Gasteiger charge is -2.39. The number of aliphatic hydroxyl groups is 4. The quantitative estimate of drug-likeness (QED) is 0.508. The second-order valence-electron chi connectivity index (χ2n) is 7.26. The summed E-state index contributed by atoms with van der Waals surface area (Å²) in [6.45, 7) is -0.435. The van der Waals surface area contributed by atoms with Gasteiger partial charge in [-0.05, 0) is 41.1 Å². The summed E-state index contributed by atoms with van der Waals surface area (Å²) < 4.78 is 12.0. The molecule has 154 valence electrons. The number of fused-ring (bicyclic) bond motifs is 1. The molecule has 1 aliphatic heterocycles. The third-order valence-electron chi connectivity index (χ3n) is 5.37. The molecule has 1 aromatic heterocycles. The van der Waals surface area contributed by atoms with Gasteiger partial charge in [-0.2, -0.15) is 0 Å². The topological polar surface area (TPSA) is 99.4 Å². The van der Waals surface area contributed by atoms with Gasteiger partial charge in [-0.3, -0.25) is 0 Å². The first-order valence-electron chi connectivity index (χ1n) is 9.46. The lowest BCUT2D eigenvalue weighted by molar-refractivity contribution is -0.230. The number of benzene rings is 2. The number of aliphatic hydroxyl groups excluding tert-OH is 4. The molecular weight excluding hydrogens is 392 g/mol. The van der Waals surface area contributed by atoms with Gasteiger partial charge in [0.05, 0.1) is 13.7 Å². The number of ether oxygens (including phenoxy) is 2. The van der Waals surface area contributed by atoms with Crippen molar-refractivity contribution in [3.05, 3.63) is 64.5 Å². The van der Waals surface area contributed by atoms with Gasteiger partial charge in [-0.1, -0.05) is 30.3 Å². The summed E-state index contributed by atoms with van der Waals surface area (Å²) in [6.07, 6.45) is -4.98. The zero-order valence-electron chi connectivity index (χ0n) is 15.9. The van der Waals surface area contributed by atoms with E-state index in [1.165, 1.54) is 11.3 Å². The van der Waals surface area contributed by atoms with E-state index in [9.17, 15) is 20.4 Å². The molecule has 5 atom stereocenters. The Bertz CT molecular complexity index is 967. The third kappa shape index (κ3) is 3.90. The molecule has 0 unspecified atom stereocenters. The molecule has 29 heavy (non-hydrogen) atoms. The van der Waals surface area contributed by atoms with Crippen LogP contribution in [0, 0.1) is 0 Å². The van der Waals surface area contributed by atoms with Gasteiger partial charge in [0.1, 0.15) is 36.3 Å². The molecule has 2 heterocycles. The molecule has 0 radical (unpaired) electrons. The van der Waals surface area contributed by atoms with Gasteiger partial charge in [-0.15, -0.1) is 11.3 Å². The number of thiophene rings is 1. The fraction of sp³-hybridized carbons (Fsp3) is 0.364. The van der Waals surface area contributed by atoms with Crippen molar-refractivity contribution in [3.8, 4) is 5.75 Å². The summed E-state index contributed by atoms with van der Waals surface area (Å²) in [5, 5.41) is 41.0. The molecule has 1 fully saturated rings. The normalized spacial score (nSPS) is 27.3. The van der Waals surface area contributed by atoms with Crippen LogP contribution in [0.2, 0.25) is 0 Å². The number of hydrogen-bond acceptors (Lipinski definition) is 7. The fourth-order valence-electron chi connectivity index (χ4n) is 3.72. The maximum absolute atomic E-state index is 10.4. The Morgan fingerprint density at radius 2 is 1.76 bits per heavy atom. The van der Waals surface area contributed by atoms with Gasteiger partial charge in [0, 0.05) is 9.58 Å². The van der Waals surface area contributed by atoms with E-state index in [0.717, 1.165) is 38.3 Å². The van der Waals surface area contributed by atoms with Crippen LogP contribution in [0.1, 0.15) is 22.1 Å². The summed E-state index contributed by atoms with van der Waals surface area (Å²) in [4.78, 5) is 0.749. The average molecular weight is 416 g/mol. The monoisotopic (exact) mass is 416 g/mol. The first kappa shape index (κ1) is 20.3. The van der Waals surface area contributed by atoms with E-state index >= 15 is 0 Å². The Morgan fingerprint density at radius 1 is 1.00 bits per heavy atom. The predicted molar refractivity (Wildman–Crippen MR) is 110 cm³/mol. The molecule has 0 aliphatic carbocycles. The molecule has 0 saturated carbocycles. The fourth-order valence-corrected chi connectivity index (χ4v) is 4.97. The molecular formula is C22H24O6S. The number of rotatable bonds is 5. The zero-order valence-corrected chi connectivity index (χ0v) is 16.7. The Hall–Kier alpha value is -2.00. The Labute approximate surface area is 172 Å². The Balaban J connectivity index is 1.65. The minimum Gasteiger partial charge on any atom is -0.497 e. The van der Waals surface area contributed by atoms with Crippen LogP contribution >= 0.6 is 11.3 Å². The van der Waals surface area contributed by atoms with E-state index < -0.39 is 37.1 Å². The van der Waals surface area contributed by atoms with Crippen molar-refractivity contribution in [2.45, 2.75) is 36.9 Å². The van der Waals surface area contributed by atoms with Gasteiger partial charge >= 0.3 is 0 Å². The van der Waals surface area contributed by atoms with Crippen molar-refractivity contribution in [2.75, 3.05) is 13.7 Å². The van der Waals surface area contributed by atoms with Gasteiger partial charge in [0.15, 0.2) is 0 Å². The smallest absolute Gasteiger partial charge is 0.121 e. The van der Waals surface area contributed by atoms with E-state index in [1.54, 1.807) is 7.11 Å². The summed E-state index contributed by atoms with van der Waals surface area (Å²) in [6, 6.07) is 15.9. The van der Waals surface area contributed by atoms with E-state index in [2.05, 4.69) is 6.07 Å². The standard InChI is InChI=1S/C22H24O6S/c1-27-15-7-5-12(6-8-15)9-13-3-2-4-14-10-17(29-22(13)14)21-20(26)19(25)18(24)16(11-23)28-21/h2-8,10,16,18-21,23-26H,9,11H2,1H3/t16-,18-,19+,20-,21+/m1/s1. The summed E-state index contributed by atoms with van der Waals surface area (Å²) >= 11 is 1.49. The van der Waals surface area contributed by atoms with Crippen molar-refractivity contribution in [1.82, 2.24) is 0 Å². The molecule has 0 bridgehead atoms. The molecule has 4 N–H and O–H groups in total.